The van der Waals surface area contributed by atoms with E-state index in [1.807, 2.05) is 12.3 Å². The van der Waals surface area contributed by atoms with E-state index < -0.39 is 0 Å². The third-order valence-corrected chi connectivity index (χ3v) is 5.11. The molecule has 0 amide bonds. The molecule has 1 aromatic rings. The highest BCUT2D eigenvalue weighted by molar-refractivity contribution is 7.80. The van der Waals surface area contributed by atoms with Gasteiger partial charge in [-0.25, -0.2) is 0 Å². The van der Waals surface area contributed by atoms with Crippen LogP contribution in [0.5, 0.6) is 0 Å². The maximum atomic E-state index is 5.81. The van der Waals surface area contributed by atoms with Gasteiger partial charge in [0, 0.05) is 24.8 Å². The van der Waals surface area contributed by atoms with Gasteiger partial charge >= 0.3 is 0 Å². The third-order valence-electron chi connectivity index (χ3n) is 4.89. The van der Waals surface area contributed by atoms with Gasteiger partial charge in [-0.1, -0.05) is 25.1 Å². The maximum absolute atomic E-state index is 5.81. The third kappa shape index (κ3) is 2.46. The largest absolute Gasteiger partial charge is 0.389 e. The quantitative estimate of drug-likeness (QED) is 0.843. The first-order valence-electron chi connectivity index (χ1n) is 7.19. The fourth-order valence-corrected chi connectivity index (χ4v) is 3.87. The summed E-state index contributed by atoms with van der Waals surface area (Å²) >= 11 is 5.14. The van der Waals surface area contributed by atoms with E-state index in [1.54, 1.807) is 6.20 Å². The van der Waals surface area contributed by atoms with Crippen molar-refractivity contribution in [2.24, 2.45) is 11.1 Å². The minimum Gasteiger partial charge on any atom is -0.389 e. The Hall–Kier alpha value is -1.16. The van der Waals surface area contributed by atoms with Crippen molar-refractivity contribution in [3.05, 3.63) is 24.0 Å². The van der Waals surface area contributed by atoms with Gasteiger partial charge in [-0.2, -0.15) is 0 Å². The lowest BCUT2D eigenvalue weighted by Gasteiger charge is -2.40. The molecular weight excluding hydrogens is 254 g/mol. The molecule has 2 fully saturated rings. The Morgan fingerprint density at radius 2 is 1.89 bits per heavy atom. The van der Waals surface area contributed by atoms with Crippen LogP contribution in [0.2, 0.25) is 0 Å². The molecule has 4 heteroatoms. The number of anilines is 1. The number of rotatable bonds is 2. The second kappa shape index (κ2) is 5.08. The highest BCUT2D eigenvalue weighted by Gasteiger charge is 2.37. The molecule has 1 aliphatic carbocycles. The summed E-state index contributed by atoms with van der Waals surface area (Å²) in [7, 11) is 0. The first-order chi connectivity index (χ1) is 9.20. The molecule has 2 N–H and O–H groups in total. The van der Waals surface area contributed by atoms with Gasteiger partial charge in [-0.3, -0.25) is 4.98 Å². The van der Waals surface area contributed by atoms with Gasteiger partial charge in [0.05, 0.1) is 11.9 Å². The molecule has 0 atom stereocenters. The molecule has 102 valence electrons. The molecule has 3 rings (SSSR count). The van der Waals surface area contributed by atoms with E-state index >= 15 is 0 Å². The van der Waals surface area contributed by atoms with Crippen molar-refractivity contribution in [2.75, 3.05) is 18.0 Å². The Bertz CT molecular complexity index is 470. The molecule has 0 aromatic carbocycles. The molecule has 1 saturated carbocycles. The van der Waals surface area contributed by atoms with Crippen LogP contribution >= 0.6 is 12.2 Å². The lowest BCUT2D eigenvalue weighted by atomic mass is 9.77. The number of hydrogen-bond donors (Lipinski definition) is 1. The summed E-state index contributed by atoms with van der Waals surface area (Å²) in [5.74, 6) is 0. The van der Waals surface area contributed by atoms with Crippen molar-refractivity contribution in [1.82, 2.24) is 4.98 Å². The van der Waals surface area contributed by atoms with Crippen LogP contribution < -0.4 is 10.6 Å². The first-order valence-corrected chi connectivity index (χ1v) is 7.60. The van der Waals surface area contributed by atoms with E-state index in [1.165, 1.54) is 38.5 Å². The van der Waals surface area contributed by atoms with Gasteiger partial charge in [0.15, 0.2) is 0 Å². The van der Waals surface area contributed by atoms with Crippen LogP contribution in [-0.4, -0.2) is 23.1 Å². The average molecular weight is 275 g/mol. The summed E-state index contributed by atoms with van der Waals surface area (Å²) in [5, 5.41) is 0. The molecule has 3 nitrogen and oxygen atoms in total. The van der Waals surface area contributed by atoms with Crippen molar-refractivity contribution in [1.29, 1.82) is 0 Å². The molecule has 1 aliphatic heterocycles. The van der Waals surface area contributed by atoms with Crippen LogP contribution in [0, 0.1) is 5.41 Å². The van der Waals surface area contributed by atoms with Gasteiger partial charge < -0.3 is 10.6 Å². The average Bonchev–Trinajstić information content (AvgIpc) is 2.88. The fraction of sp³-hybridized carbons (Fsp3) is 0.600. The van der Waals surface area contributed by atoms with Crippen molar-refractivity contribution < 1.29 is 0 Å². The van der Waals surface area contributed by atoms with Crippen molar-refractivity contribution in [3.8, 4) is 0 Å². The second-order valence-corrected chi connectivity index (χ2v) is 6.39. The van der Waals surface area contributed by atoms with E-state index in [4.69, 9.17) is 18.0 Å². The number of pyridine rings is 1. The molecule has 0 bridgehead atoms. The van der Waals surface area contributed by atoms with E-state index in [9.17, 15) is 0 Å². The zero-order valence-corrected chi connectivity index (χ0v) is 12.1. The number of piperidine rings is 1. The highest BCUT2D eigenvalue weighted by atomic mass is 32.1. The standard InChI is InChI=1S/C15H21N3S/c16-14(19)12-3-8-17-11-13(12)18-9-6-15(7-10-18)4-1-2-5-15/h3,8,11H,1-2,4-7,9-10H2,(H2,16,19). The zero-order chi connectivity index (χ0) is 13.3. The van der Waals surface area contributed by atoms with Crippen LogP contribution in [0.15, 0.2) is 18.5 Å². The van der Waals surface area contributed by atoms with Crippen molar-refractivity contribution in [3.63, 3.8) is 0 Å². The van der Waals surface area contributed by atoms with E-state index in [-0.39, 0.29) is 0 Å². The van der Waals surface area contributed by atoms with Crippen LogP contribution in [0.25, 0.3) is 0 Å². The maximum Gasteiger partial charge on any atom is 0.106 e. The monoisotopic (exact) mass is 275 g/mol. The molecule has 1 spiro atoms. The Kier molecular flexibility index (Phi) is 3.44. The van der Waals surface area contributed by atoms with Gasteiger partial charge in [0.25, 0.3) is 0 Å². The normalized spacial score (nSPS) is 21.8. The van der Waals surface area contributed by atoms with E-state index in [0.29, 0.717) is 10.4 Å². The SMILES string of the molecule is NC(=S)c1ccncc1N1CCC2(CCCC2)CC1. The Labute approximate surface area is 120 Å². The van der Waals surface area contributed by atoms with Crippen LogP contribution in [0.3, 0.4) is 0 Å². The Morgan fingerprint density at radius 1 is 1.21 bits per heavy atom. The van der Waals surface area contributed by atoms with Gasteiger partial charge in [0.1, 0.15) is 4.99 Å². The molecule has 19 heavy (non-hydrogen) atoms. The molecule has 0 radical (unpaired) electrons. The molecular formula is C15H21N3S. The van der Waals surface area contributed by atoms with Gasteiger partial charge in [-0.05, 0) is 37.2 Å². The first kappa shape index (κ1) is 12.9. The zero-order valence-electron chi connectivity index (χ0n) is 11.3. The van der Waals surface area contributed by atoms with Gasteiger partial charge in [0.2, 0.25) is 0 Å². The molecule has 1 aromatic heterocycles. The number of nitrogens with zero attached hydrogens (tertiary/aromatic N) is 2. The predicted octanol–water partition coefficient (Wildman–Crippen LogP) is 2.88. The number of nitrogens with two attached hydrogens (primary N) is 1. The Balaban J connectivity index is 1.76. The summed E-state index contributed by atoms with van der Waals surface area (Å²) in [6.45, 7) is 2.22. The lowest BCUT2D eigenvalue weighted by Crippen LogP contribution is -2.39. The predicted molar refractivity (Wildman–Crippen MR) is 82.5 cm³/mol. The second-order valence-electron chi connectivity index (χ2n) is 5.95. The smallest absolute Gasteiger partial charge is 0.106 e. The van der Waals surface area contributed by atoms with Crippen molar-refractivity contribution in [2.45, 2.75) is 38.5 Å². The number of thiocarbonyl (C=S) groups is 1. The minimum atomic E-state index is 0.471. The summed E-state index contributed by atoms with van der Waals surface area (Å²) in [4.78, 5) is 7.11. The summed E-state index contributed by atoms with van der Waals surface area (Å²) in [5.41, 5.74) is 8.53. The lowest BCUT2D eigenvalue weighted by molar-refractivity contribution is 0.226. The Morgan fingerprint density at radius 3 is 2.53 bits per heavy atom. The minimum absolute atomic E-state index is 0.471. The van der Waals surface area contributed by atoms with Gasteiger partial charge in [-0.15, -0.1) is 0 Å². The molecule has 0 unspecified atom stereocenters. The van der Waals surface area contributed by atoms with E-state index in [2.05, 4.69) is 9.88 Å². The summed E-state index contributed by atoms with van der Waals surface area (Å²) < 4.78 is 0. The number of aromatic nitrogens is 1. The topological polar surface area (TPSA) is 42.1 Å². The molecule has 1 saturated heterocycles. The number of hydrogen-bond acceptors (Lipinski definition) is 3. The van der Waals surface area contributed by atoms with E-state index in [0.717, 1.165) is 24.3 Å². The fourth-order valence-electron chi connectivity index (χ4n) is 3.69. The summed E-state index contributed by atoms with van der Waals surface area (Å²) in [6.07, 6.45) is 12.0. The van der Waals surface area contributed by atoms with Crippen molar-refractivity contribution >= 4 is 22.9 Å². The molecule has 2 heterocycles. The van der Waals surface area contributed by atoms with Crippen LogP contribution in [0.1, 0.15) is 44.1 Å². The summed E-state index contributed by atoms with van der Waals surface area (Å²) in [6, 6.07) is 1.93. The molecule has 2 aliphatic rings. The highest BCUT2D eigenvalue weighted by Crippen LogP contribution is 2.46. The van der Waals surface area contributed by atoms with Crippen LogP contribution in [0.4, 0.5) is 5.69 Å². The van der Waals surface area contributed by atoms with Crippen LogP contribution in [-0.2, 0) is 0 Å².